The van der Waals surface area contributed by atoms with E-state index in [1.54, 1.807) is 16.9 Å². The summed E-state index contributed by atoms with van der Waals surface area (Å²) in [5.74, 6) is -1.99. The first-order valence-corrected chi connectivity index (χ1v) is 10.1. The highest BCUT2D eigenvalue weighted by Gasteiger charge is 2.18. The highest BCUT2D eigenvalue weighted by atomic mass is 35.5. The maximum Gasteiger partial charge on any atom is 0.262 e. The fraction of sp³-hybridized carbons (Fsp3) is 0.0833. The standard InChI is InChI=1S/C24H18ClF2N3O2/c25-19-13-18(32-15-16-5-2-1-3-6-16)10-9-17(19)14-30-12-11-22(29-30)28-24(31)23-20(26)7-4-8-21(23)27/h1-13H,14-15H2,(H,28,29,31). The minimum atomic E-state index is -0.941. The van der Waals surface area contributed by atoms with Crippen molar-refractivity contribution in [1.29, 1.82) is 0 Å². The third kappa shape index (κ3) is 5.12. The lowest BCUT2D eigenvalue weighted by Gasteiger charge is -2.10. The zero-order valence-electron chi connectivity index (χ0n) is 16.8. The first-order valence-electron chi connectivity index (χ1n) is 9.73. The van der Waals surface area contributed by atoms with Crippen molar-refractivity contribution in [3.63, 3.8) is 0 Å². The van der Waals surface area contributed by atoms with E-state index in [4.69, 9.17) is 16.3 Å². The van der Waals surface area contributed by atoms with Crippen LogP contribution in [-0.4, -0.2) is 15.7 Å². The van der Waals surface area contributed by atoms with E-state index < -0.39 is 23.1 Å². The van der Waals surface area contributed by atoms with Crippen LogP contribution >= 0.6 is 11.6 Å². The van der Waals surface area contributed by atoms with Gasteiger partial charge in [-0.15, -0.1) is 0 Å². The summed E-state index contributed by atoms with van der Waals surface area (Å²) in [6, 6.07) is 19.9. The van der Waals surface area contributed by atoms with Crippen LogP contribution in [0.25, 0.3) is 0 Å². The Labute approximate surface area is 188 Å². The number of anilines is 1. The Bertz CT molecular complexity index is 1220. The van der Waals surface area contributed by atoms with Gasteiger partial charge in [0.15, 0.2) is 5.82 Å². The molecule has 5 nitrogen and oxygen atoms in total. The highest BCUT2D eigenvalue weighted by molar-refractivity contribution is 6.31. The van der Waals surface area contributed by atoms with E-state index in [1.807, 2.05) is 42.5 Å². The third-order valence-corrected chi connectivity index (χ3v) is 5.03. The van der Waals surface area contributed by atoms with E-state index in [9.17, 15) is 13.6 Å². The summed E-state index contributed by atoms with van der Waals surface area (Å²) in [5.41, 5.74) is 1.19. The molecule has 0 aliphatic heterocycles. The van der Waals surface area contributed by atoms with Crippen molar-refractivity contribution in [2.24, 2.45) is 0 Å². The van der Waals surface area contributed by atoms with Gasteiger partial charge in [0.25, 0.3) is 5.91 Å². The van der Waals surface area contributed by atoms with Gasteiger partial charge in [0, 0.05) is 17.3 Å². The molecular weight excluding hydrogens is 436 g/mol. The summed E-state index contributed by atoms with van der Waals surface area (Å²) in [4.78, 5) is 12.2. The largest absolute Gasteiger partial charge is 0.489 e. The maximum absolute atomic E-state index is 13.8. The van der Waals surface area contributed by atoms with Crippen molar-refractivity contribution in [3.8, 4) is 5.75 Å². The molecule has 1 amide bonds. The molecule has 0 spiro atoms. The molecule has 0 unspecified atom stereocenters. The molecule has 8 heteroatoms. The molecule has 0 aliphatic carbocycles. The number of nitrogens with zero attached hydrogens (tertiary/aromatic N) is 2. The van der Waals surface area contributed by atoms with Crippen LogP contribution in [0.15, 0.2) is 79.0 Å². The molecule has 4 aromatic rings. The fourth-order valence-electron chi connectivity index (χ4n) is 3.07. The number of halogens is 3. The lowest BCUT2D eigenvalue weighted by molar-refractivity contribution is 0.101. The molecule has 0 bridgehead atoms. The quantitative estimate of drug-likeness (QED) is 0.391. The van der Waals surface area contributed by atoms with Gasteiger partial charge in [0.05, 0.1) is 6.54 Å². The number of aromatic nitrogens is 2. The Morgan fingerprint density at radius 3 is 2.47 bits per heavy atom. The summed E-state index contributed by atoms with van der Waals surface area (Å²) in [6.07, 6.45) is 1.63. The van der Waals surface area contributed by atoms with Gasteiger partial charge in [-0.25, -0.2) is 8.78 Å². The highest BCUT2D eigenvalue weighted by Crippen LogP contribution is 2.24. The molecule has 0 saturated heterocycles. The van der Waals surface area contributed by atoms with Gasteiger partial charge in [0.2, 0.25) is 0 Å². The zero-order valence-corrected chi connectivity index (χ0v) is 17.5. The molecule has 3 aromatic carbocycles. The van der Waals surface area contributed by atoms with Crippen LogP contribution in [0.2, 0.25) is 5.02 Å². The summed E-state index contributed by atoms with van der Waals surface area (Å²) in [6.45, 7) is 0.767. The van der Waals surface area contributed by atoms with E-state index in [0.717, 1.165) is 23.3 Å². The van der Waals surface area contributed by atoms with Crippen molar-refractivity contribution >= 4 is 23.3 Å². The van der Waals surface area contributed by atoms with Gasteiger partial charge in [-0.1, -0.05) is 54.1 Å². The topological polar surface area (TPSA) is 56.2 Å². The summed E-state index contributed by atoms with van der Waals surface area (Å²) in [7, 11) is 0. The van der Waals surface area contributed by atoms with Crippen LogP contribution in [0.1, 0.15) is 21.5 Å². The molecule has 0 radical (unpaired) electrons. The predicted molar refractivity (Wildman–Crippen MR) is 118 cm³/mol. The summed E-state index contributed by atoms with van der Waals surface area (Å²) >= 11 is 6.39. The average Bonchev–Trinajstić information content (AvgIpc) is 3.21. The van der Waals surface area contributed by atoms with Gasteiger partial charge >= 0.3 is 0 Å². The zero-order chi connectivity index (χ0) is 22.5. The number of hydrogen-bond acceptors (Lipinski definition) is 3. The van der Waals surface area contributed by atoms with Gasteiger partial charge < -0.3 is 10.1 Å². The Morgan fingerprint density at radius 1 is 1.00 bits per heavy atom. The van der Waals surface area contributed by atoms with Crippen LogP contribution in [-0.2, 0) is 13.2 Å². The molecule has 0 atom stereocenters. The van der Waals surface area contributed by atoms with E-state index in [2.05, 4.69) is 10.4 Å². The van der Waals surface area contributed by atoms with Crippen LogP contribution in [0.5, 0.6) is 5.75 Å². The van der Waals surface area contributed by atoms with E-state index in [-0.39, 0.29) is 5.82 Å². The number of amides is 1. The van der Waals surface area contributed by atoms with E-state index in [0.29, 0.717) is 23.9 Å². The first kappa shape index (κ1) is 21.5. The van der Waals surface area contributed by atoms with Crippen LogP contribution in [0.3, 0.4) is 0 Å². The molecule has 0 fully saturated rings. The van der Waals surface area contributed by atoms with E-state index >= 15 is 0 Å². The molecule has 0 saturated carbocycles. The van der Waals surface area contributed by atoms with Gasteiger partial charge in [-0.2, -0.15) is 5.10 Å². The Morgan fingerprint density at radius 2 is 1.75 bits per heavy atom. The normalized spacial score (nSPS) is 10.7. The van der Waals surface area contributed by atoms with Crippen LogP contribution in [0, 0.1) is 11.6 Å². The Kier molecular flexibility index (Phi) is 6.47. The van der Waals surface area contributed by atoms with Crippen LogP contribution in [0.4, 0.5) is 14.6 Å². The van der Waals surface area contributed by atoms with Gasteiger partial charge in [0.1, 0.15) is 29.6 Å². The van der Waals surface area contributed by atoms with E-state index in [1.165, 1.54) is 12.1 Å². The molecule has 1 N–H and O–H groups in total. The minimum Gasteiger partial charge on any atom is -0.489 e. The monoisotopic (exact) mass is 453 g/mol. The number of carbonyl (C=O) groups excluding carboxylic acids is 1. The predicted octanol–water partition coefficient (Wildman–Crippen LogP) is 5.69. The molecule has 162 valence electrons. The van der Waals surface area contributed by atoms with Crippen molar-refractivity contribution in [1.82, 2.24) is 9.78 Å². The van der Waals surface area contributed by atoms with Crippen LogP contribution < -0.4 is 10.1 Å². The fourth-order valence-corrected chi connectivity index (χ4v) is 3.30. The summed E-state index contributed by atoms with van der Waals surface area (Å²) in [5, 5.41) is 7.12. The number of ether oxygens (including phenoxy) is 1. The minimum absolute atomic E-state index is 0.164. The second-order valence-corrected chi connectivity index (χ2v) is 7.38. The molecule has 32 heavy (non-hydrogen) atoms. The second-order valence-electron chi connectivity index (χ2n) is 6.98. The smallest absolute Gasteiger partial charge is 0.262 e. The number of benzene rings is 3. The molecular formula is C24H18ClF2N3O2. The number of rotatable bonds is 7. The molecule has 1 aromatic heterocycles. The second kappa shape index (κ2) is 9.62. The SMILES string of the molecule is O=C(Nc1ccn(Cc2ccc(OCc3ccccc3)cc2Cl)n1)c1c(F)cccc1F. The maximum atomic E-state index is 13.8. The lowest BCUT2D eigenvalue weighted by atomic mass is 10.2. The van der Waals surface area contributed by atoms with Crippen molar-refractivity contribution < 1.29 is 18.3 Å². The van der Waals surface area contributed by atoms with Gasteiger partial charge in [-0.05, 0) is 35.4 Å². The Hall–Kier alpha value is -3.71. The first-order chi connectivity index (χ1) is 15.5. The molecule has 4 rings (SSSR count). The number of carbonyl (C=O) groups is 1. The lowest BCUT2D eigenvalue weighted by Crippen LogP contribution is -2.16. The third-order valence-electron chi connectivity index (χ3n) is 4.68. The number of nitrogens with one attached hydrogen (secondary N) is 1. The van der Waals surface area contributed by atoms with Gasteiger partial charge in [-0.3, -0.25) is 9.48 Å². The Balaban J connectivity index is 1.39. The summed E-state index contributed by atoms with van der Waals surface area (Å²) < 4.78 is 34.9. The van der Waals surface area contributed by atoms with Crippen molar-refractivity contribution in [2.45, 2.75) is 13.2 Å². The average molecular weight is 454 g/mol. The number of hydrogen-bond donors (Lipinski definition) is 1. The molecule has 1 heterocycles. The van der Waals surface area contributed by atoms with Crippen molar-refractivity contribution in [3.05, 3.63) is 112 Å². The van der Waals surface area contributed by atoms with Crippen molar-refractivity contribution in [2.75, 3.05) is 5.32 Å². The molecule has 0 aliphatic rings.